The first-order valence-corrected chi connectivity index (χ1v) is 17.7. The van der Waals surface area contributed by atoms with Crippen LogP contribution in [0, 0.1) is 21.7 Å². The third-order valence-electron chi connectivity index (χ3n) is 9.32. The fourth-order valence-corrected chi connectivity index (χ4v) is 9.28. The fourth-order valence-electron chi connectivity index (χ4n) is 9.28. The lowest BCUT2D eigenvalue weighted by molar-refractivity contribution is 0.276. The Morgan fingerprint density at radius 2 is 0.733 bits per heavy atom. The number of phenolic OH excluding ortho intramolecular Hbond substituents is 1. The summed E-state index contributed by atoms with van der Waals surface area (Å²) in [6, 6.07) is 11.8. The van der Waals surface area contributed by atoms with Crippen LogP contribution >= 0.6 is 0 Å². The Morgan fingerprint density at radius 1 is 0.400 bits per heavy atom. The normalized spacial score (nSPS) is 14.7. The van der Waals surface area contributed by atoms with E-state index < -0.39 is 0 Å². The molecule has 1 heteroatoms. The van der Waals surface area contributed by atoms with Gasteiger partial charge in [0.1, 0.15) is 5.75 Å². The molecule has 0 unspecified atom stereocenters. The van der Waals surface area contributed by atoms with Gasteiger partial charge in [0.15, 0.2) is 0 Å². The van der Waals surface area contributed by atoms with Crippen molar-refractivity contribution in [2.24, 2.45) is 21.7 Å². The van der Waals surface area contributed by atoms with Gasteiger partial charge < -0.3 is 5.11 Å². The summed E-state index contributed by atoms with van der Waals surface area (Å²) in [5.74, 6) is 0.418. The smallest absolute Gasteiger partial charge is 0.124 e. The summed E-state index contributed by atoms with van der Waals surface area (Å²) in [5, 5.41) is 12.3. The summed E-state index contributed by atoms with van der Waals surface area (Å²) >= 11 is 0. The maximum Gasteiger partial charge on any atom is 0.124 e. The highest BCUT2D eigenvalue weighted by Crippen LogP contribution is 2.51. The first-order valence-electron chi connectivity index (χ1n) is 17.7. The van der Waals surface area contributed by atoms with Gasteiger partial charge >= 0.3 is 0 Å². The van der Waals surface area contributed by atoms with Crippen molar-refractivity contribution in [3.8, 4) is 16.9 Å². The number of hydrogen-bond donors (Lipinski definition) is 1. The third kappa shape index (κ3) is 10.9. The summed E-state index contributed by atoms with van der Waals surface area (Å²) in [6.07, 6.45) is 4.21. The molecule has 256 valence electrons. The molecule has 0 radical (unpaired) electrons. The molecular formula is C44H74O. The van der Waals surface area contributed by atoms with Gasteiger partial charge in [-0.3, -0.25) is 0 Å². The zero-order valence-corrected chi connectivity index (χ0v) is 33.7. The molecule has 0 fully saturated rings. The van der Waals surface area contributed by atoms with Gasteiger partial charge in [-0.2, -0.15) is 0 Å². The zero-order valence-electron chi connectivity index (χ0n) is 33.7. The Hall–Kier alpha value is -1.76. The first kappa shape index (κ1) is 39.4. The van der Waals surface area contributed by atoms with Gasteiger partial charge in [-0.05, 0) is 103 Å². The summed E-state index contributed by atoms with van der Waals surface area (Å²) in [5.41, 5.74) is 7.87. The topological polar surface area (TPSA) is 20.2 Å². The van der Waals surface area contributed by atoms with Crippen LogP contribution in [-0.4, -0.2) is 5.11 Å². The monoisotopic (exact) mass is 619 g/mol. The van der Waals surface area contributed by atoms with E-state index in [1.165, 1.54) is 27.8 Å². The van der Waals surface area contributed by atoms with Crippen LogP contribution in [0.3, 0.4) is 0 Å². The maximum absolute atomic E-state index is 12.3. The lowest BCUT2D eigenvalue weighted by atomic mass is 9.64. The number of rotatable bonds is 9. The van der Waals surface area contributed by atoms with Crippen molar-refractivity contribution in [1.29, 1.82) is 0 Å². The van der Waals surface area contributed by atoms with Gasteiger partial charge in [0.05, 0.1) is 0 Å². The summed E-state index contributed by atoms with van der Waals surface area (Å²) in [7, 11) is 0. The van der Waals surface area contributed by atoms with E-state index in [1.807, 2.05) is 0 Å². The van der Waals surface area contributed by atoms with Crippen LogP contribution in [0.4, 0.5) is 0 Å². The van der Waals surface area contributed by atoms with E-state index in [2.05, 4.69) is 169 Å². The number of benzene rings is 2. The Bertz CT molecular complexity index is 1320. The predicted octanol–water partition coefficient (Wildman–Crippen LogP) is 13.9. The van der Waals surface area contributed by atoms with Crippen LogP contribution in [0.1, 0.15) is 186 Å². The molecule has 0 aliphatic carbocycles. The first-order chi connectivity index (χ1) is 19.7. The van der Waals surface area contributed by atoms with Crippen molar-refractivity contribution in [1.82, 2.24) is 0 Å². The van der Waals surface area contributed by atoms with Crippen LogP contribution in [0.2, 0.25) is 0 Å². The van der Waals surface area contributed by atoms with Crippen molar-refractivity contribution in [2.75, 3.05) is 0 Å². The van der Waals surface area contributed by atoms with Crippen LogP contribution in [0.25, 0.3) is 11.1 Å². The molecule has 2 rings (SSSR count). The average Bonchev–Trinajstić information content (AvgIpc) is 2.71. The molecule has 45 heavy (non-hydrogen) atoms. The average molecular weight is 619 g/mol. The predicted molar refractivity (Wildman–Crippen MR) is 202 cm³/mol. The Morgan fingerprint density at radius 3 is 1.13 bits per heavy atom. The second-order valence-corrected chi connectivity index (χ2v) is 22.2. The van der Waals surface area contributed by atoms with E-state index in [0.717, 1.165) is 31.2 Å². The lowest BCUT2D eigenvalue weighted by Gasteiger charge is -2.40. The van der Waals surface area contributed by atoms with Gasteiger partial charge in [0.25, 0.3) is 0 Å². The second kappa shape index (κ2) is 12.4. The molecule has 0 aliphatic rings. The van der Waals surface area contributed by atoms with E-state index >= 15 is 0 Å². The quantitative estimate of drug-likeness (QED) is 0.296. The molecule has 0 spiro atoms. The Kier molecular flexibility index (Phi) is 10.8. The zero-order chi connectivity index (χ0) is 35.4. The van der Waals surface area contributed by atoms with Crippen molar-refractivity contribution in [3.63, 3.8) is 0 Å². The van der Waals surface area contributed by atoms with Crippen molar-refractivity contribution < 1.29 is 5.11 Å². The number of hydrogen-bond acceptors (Lipinski definition) is 1. The molecule has 2 aromatic rings. The molecule has 0 aliphatic heterocycles. The van der Waals surface area contributed by atoms with Gasteiger partial charge in [-0.1, -0.05) is 163 Å². The van der Waals surface area contributed by atoms with Gasteiger partial charge in [-0.15, -0.1) is 0 Å². The molecule has 0 saturated carbocycles. The molecule has 0 aromatic heterocycles. The molecule has 0 atom stereocenters. The van der Waals surface area contributed by atoms with Gasteiger partial charge in [0.2, 0.25) is 0 Å². The number of aromatic hydroxyl groups is 1. The molecule has 1 N–H and O–H groups in total. The highest BCUT2D eigenvalue weighted by Gasteiger charge is 2.38. The minimum atomic E-state index is -0.144. The fraction of sp³-hybridized carbons (Fsp3) is 0.727. The van der Waals surface area contributed by atoms with E-state index in [1.54, 1.807) is 0 Å². The molecular weight excluding hydrogens is 544 g/mol. The van der Waals surface area contributed by atoms with E-state index in [9.17, 15) is 5.11 Å². The minimum absolute atomic E-state index is 0.0283. The molecule has 2 aromatic carbocycles. The molecule has 0 bridgehead atoms. The van der Waals surface area contributed by atoms with Gasteiger partial charge in [-0.25, -0.2) is 0 Å². The maximum atomic E-state index is 12.3. The van der Waals surface area contributed by atoms with Crippen LogP contribution in [0.15, 0.2) is 30.3 Å². The molecule has 0 amide bonds. The summed E-state index contributed by atoms with van der Waals surface area (Å²) < 4.78 is 0. The van der Waals surface area contributed by atoms with E-state index in [-0.39, 0.29) is 43.3 Å². The van der Waals surface area contributed by atoms with Gasteiger partial charge in [0, 0.05) is 5.56 Å². The van der Waals surface area contributed by atoms with Crippen LogP contribution in [-0.2, 0) is 21.7 Å². The Balaban J connectivity index is 3.09. The standard InChI is InChI=1S/C44H74O/c1-37(2,3)26-41(13,14)30-21-22-32(33(23-30)43(17,18)28-39(7,8)9)36-34(44(19,20)29-40(10,11)12)24-31(25-35(36)45)42(15,16)27-38(4,5)6/h21-25,45H,26-29H2,1-20H3. The highest BCUT2D eigenvalue weighted by molar-refractivity contribution is 5.79. The SMILES string of the molecule is CC(C)(C)CC(C)(C)c1ccc(-c2c(O)cc(C(C)(C)CC(C)(C)C)cc2C(C)(C)CC(C)(C)C)c(C(C)(C)CC(C)(C)C)c1. The lowest BCUT2D eigenvalue weighted by Crippen LogP contribution is -2.30. The van der Waals surface area contributed by atoms with Crippen LogP contribution in [0.5, 0.6) is 5.75 Å². The van der Waals surface area contributed by atoms with Crippen molar-refractivity contribution in [3.05, 3.63) is 52.6 Å². The number of phenols is 1. The third-order valence-corrected chi connectivity index (χ3v) is 9.32. The molecule has 0 saturated heterocycles. The second-order valence-electron chi connectivity index (χ2n) is 22.2. The molecule has 1 nitrogen and oxygen atoms in total. The summed E-state index contributed by atoms with van der Waals surface area (Å²) in [6.45, 7) is 47.1. The van der Waals surface area contributed by atoms with Crippen molar-refractivity contribution >= 4 is 0 Å². The minimum Gasteiger partial charge on any atom is -0.507 e. The molecule has 0 heterocycles. The van der Waals surface area contributed by atoms with Crippen molar-refractivity contribution in [2.45, 2.75) is 186 Å². The van der Waals surface area contributed by atoms with Crippen LogP contribution < -0.4 is 0 Å². The van der Waals surface area contributed by atoms with E-state index in [0.29, 0.717) is 5.75 Å². The summed E-state index contributed by atoms with van der Waals surface area (Å²) in [4.78, 5) is 0. The van der Waals surface area contributed by atoms with E-state index in [4.69, 9.17) is 0 Å². The largest absolute Gasteiger partial charge is 0.507 e. The Labute approximate surface area is 281 Å². The highest BCUT2D eigenvalue weighted by atomic mass is 16.3.